The van der Waals surface area contributed by atoms with Gasteiger partial charge in [-0.25, -0.2) is 8.42 Å². The highest BCUT2D eigenvalue weighted by atomic mass is 32.2. The number of nitrogens with two attached hydrogens (primary N) is 2. The molecule has 0 radical (unpaired) electrons. The van der Waals surface area contributed by atoms with Crippen LogP contribution in [0, 0.1) is 0 Å². The number of unbranched alkanes of at least 4 members (excludes halogenated alkanes) is 1. The largest absolute Gasteiger partial charge is 0.497 e. The van der Waals surface area contributed by atoms with Crippen molar-refractivity contribution in [2.45, 2.75) is 42.5 Å². The number of sulfone groups is 1. The Morgan fingerprint density at radius 2 is 1.83 bits per heavy atom. The molecule has 0 saturated carbocycles. The molecule has 1 aromatic rings. The first-order valence-corrected chi connectivity index (χ1v) is 8.93. The third kappa shape index (κ3) is 5.49. The lowest BCUT2D eigenvalue weighted by Gasteiger charge is -2.17. The third-order valence-electron chi connectivity index (χ3n) is 3.32. The molecule has 0 aliphatic heterocycles. The average molecular weight is 344 g/mol. The van der Waals surface area contributed by atoms with Gasteiger partial charge in [-0.15, -0.1) is 0 Å². The van der Waals surface area contributed by atoms with E-state index in [1.54, 1.807) is 0 Å². The molecule has 7 nitrogen and oxygen atoms in total. The van der Waals surface area contributed by atoms with Crippen LogP contribution in [0.3, 0.4) is 0 Å². The fraction of sp³-hybridized carbons (Fsp3) is 0.533. The van der Waals surface area contributed by atoms with Crippen molar-refractivity contribution in [3.05, 3.63) is 24.3 Å². The van der Waals surface area contributed by atoms with Gasteiger partial charge in [0.1, 0.15) is 17.2 Å². The fourth-order valence-corrected chi connectivity index (χ4v) is 3.16. The smallest absolute Gasteiger partial charge is 0.323 e. The van der Waals surface area contributed by atoms with Gasteiger partial charge in [-0.1, -0.05) is 13.3 Å². The highest BCUT2D eigenvalue weighted by molar-refractivity contribution is 7.92. The number of hydrogen-bond acceptors (Lipinski definition) is 7. The summed E-state index contributed by atoms with van der Waals surface area (Å²) >= 11 is 0. The SMILES string of the molecule is CCCCOC(=O)C(N)CC(N)S(=O)(=O)c1ccc(OC)cc1. The van der Waals surface area contributed by atoms with Gasteiger partial charge in [-0.2, -0.15) is 0 Å². The van der Waals surface area contributed by atoms with Crippen LogP contribution in [0.2, 0.25) is 0 Å². The molecule has 0 heterocycles. The van der Waals surface area contributed by atoms with Crippen LogP contribution >= 0.6 is 0 Å². The van der Waals surface area contributed by atoms with Crippen molar-refractivity contribution in [1.82, 2.24) is 0 Å². The molecule has 1 rings (SSSR count). The number of hydrogen-bond donors (Lipinski definition) is 2. The zero-order chi connectivity index (χ0) is 17.5. The highest BCUT2D eigenvalue weighted by Crippen LogP contribution is 2.20. The Morgan fingerprint density at radius 1 is 1.22 bits per heavy atom. The van der Waals surface area contributed by atoms with Gasteiger partial charge in [0.25, 0.3) is 0 Å². The van der Waals surface area contributed by atoms with E-state index in [4.69, 9.17) is 20.9 Å². The van der Waals surface area contributed by atoms with E-state index in [0.717, 1.165) is 12.8 Å². The summed E-state index contributed by atoms with van der Waals surface area (Å²) in [6, 6.07) is 4.78. The van der Waals surface area contributed by atoms with E-state index in [-0.39, 0.29) is 17.9 Å². The van der Waals surface area contributed by atoms with Crippen LogP contribution in [0.5, 0.6) is 5.75 Å². The number of rotatable bonds is 9. The quantitative estimate of drug-likeness (QED) is 0.502. The topological polar surface area (TPSA) is 122 Å². The summed E-state index contributed by atoms with van der Waals surface area (Å²) in [5, 5.41) is -1.29. The van der Waals surface area contributed by atoms with Crippen LogP contribution in [0.4, 0.5) is 0 Å². The third-order valence-corrected chi connectivity index (χ3v) is 5.24. The van der Waals surface area contributed by atoms with Crippen molar-refractivity contribution in [3.8, 4) is 5.75 Å². The van der Waals surface area contributed by atoms with Crippen LogP contribution in [0.1, 0.15) is 26.2 Å². The minimum absolute atomic E-state index is 0.0531. The number of benzene rings is 1. The van der Waals surface area contributed by atoms with Gasteiger partial charge in [-0.3, -0.25) is 4.79 Å². The molecular formula is C15H24N2O5S. The molecule has 1 aromatic carbocycles. The van der Waals surface area contributed by atoms with E-state index in [0.29, 0.717) is 5.75 Å². The summed E-state index contributed by atoms with van der Waals surface area (Å²) in [7, 11) is -2.30. The van der Waals surface area contributed by atoms with Gasteiger partial charge < -0.3 is 20.9 Å². The van der Waals surface area contributed by atoms with Crippen molar-refractivity contribution < 1.29 is 22.7 Å². The fourth-order valence-electron chi connectivity index (χ4n) is 1.84. The maximum Gasteiger partial charge on any atom is 0.323 e. The molecule has 4 N–H and O–H groups in total. The van der Waals surface area contributed by atoms with Crippen LogP contribution in [0.25, 0.3) is 0 Å². The first-order valence-electron chi connectivity index (χ1n) is 7.38. The summed E-state index contributed by atoms with van der Waals surface area (Å²) in [6.45, 7) is 2.23. The lowest BCUT2D eigenvalue weighted by atomic mass is 10.2. The molecular weight excluding hydrogens is 320 g/mol. The summed E-state index contributed by atoms with van der Waals surface area (Å²) in [4.78, 5) is 11.7. The minimum Gasteiger partial charge on any atom is -0.497 e. The molecule has 130 valence electrons. The van der Waals surface area contributed by atoms with Crippen molar-refractivity contribution >= 4 is 15.8 Å². The van der Waals surface area contributed by atoms with Gasteiger partial charge in [0.05, 0.1) is 18.6 Å². The molecule has 0 bridgehead atoms. The molecule has 0 aromatic heterocycles. The van der Waals surface area contributed by atoms with Crippen LogP contribution in [-0.2, 0) is 19.4 Å². The Morgan fingerprint density at radius 3 is 2.35 bits per heavy atom. The zero-order valence-electron chi connectivity index (χ0n) is 13.4. The monoisotopic (exact) mass is 344 g/mol. The number of esters is 1. The summed E-state index contributed by atoms with van der Waals surface area (Å²) in [5.74, 6) is -0.104. The van der Waals surface area contributed by atoms with E-state index in [9.17, 15) is 13.2 Å². The molecule has 0 amide bonds. The van der Waals surface area contributed by atoms with Crippen molar-refractivity contribution in [2.24, 2.45) is 11.5 Å². The average Bonchev–Trinajstić information content (AvgIpc) is 2.54. The summed E-state index contributed by atoms with van der Waals surface area (Å²) in [5.41, 5.74) is 11.4. The Kier molecular flexibility index (Phi) is 7.47. The molecule has 0 fully saturated rings. The normalized spacial score (nSPS) is 14.1. The Labute approximate surface area is 136 Å². The van der Waals surface area contributed by atoms with E-state index >= 15 is 0 Å². The summed E-state index contributed by atoms with van der Waals surface area (Å²) in [6.07, 6.45) is 1.40. The molecule has 0 saturated heterocycles. The van der Waals surface area contributed by atoms with Gasteiger partial charge in [0.2, 0.25) is 0 Å². The molecule has 0 aliphatic carbocycles. The maximum atomic E-state index is 12.4. The first-order chi connectivity index (χ1) is 10.8. The number of carbonyl (C=O) groups is 1. The Balaban J connectivity index is 2.70. The number of carbonyl (C=O) groups excluding carboxylic acids is 1. The Hall–Kier alpha value is -1.64. The molecule has 0 aliphatic rings. The second kappa shape index (κ2) is 8.85. The zero-order valence-corrected chi connectivity index (χ0v) is 14.2. The second-order valence-electron chi connectivity index (χ2n) is 5.12. The van der Waals surface area contributed by atoms with E-state index in [1.807, 2.05) is 6.92 Å². The van der Waals surface area contributed by atoms with Crippen molar-refractivity contribution in [2.75, 3.05) is 13.7 Å². The lowest BCUT2D eigenvalue weighted by Crippen LogP contribution is -2.42. The van der Waals surface area contributed by atoms with Gasteiger partial charge >= 0.3 is 5.97 Å². The van der Waals surface area contributed by atoms with Crippen LogP contribution < -0.4 is 16.2 Å². The van der Waals surface area contributed by atoms with Crippen molar-refractivity contribution in [3.63, 3.8) is 0 Å². The van der Waals surface area contributed by atoms with Gasteiger partial charge in [0, 0.05) is 6.42 Å². The van der Waals surface area contributed by atoms with Gasteiger partial charge in [0.15, 0.2) is 9.84 Å². The molecule has 2 unspecified atom stereocenters. The van der Waals surface area contributed by atoms with Crippen molar-refractivity contribution in [1.29, 1.82) is 0 Å². The molecule has 23 heavy (non-hydrogen) atoms. The predicted octanol–water partition coefficient (Wildman–Crippen LogP) is 0.814. The molecule has 8 heteroatoms. The predicted molar refractivity (Wildman–Crippen MR) is 86.6 cm³/mol. The van der Waals surface area contributed by atoms with Gasteiger partial charge in [-0.05, 0) is 30.7 Å². The summed E-state index contributed by atoms with van der Waals surface area (Å²) < 4.78 is 34.7. The minimum atomic E-state index is -3.78. The number of ether oxygens (including phenoxy) is 2. The van der Waals surface area contributed by atoms with Crippen LogP contribution in [-0.4, -0.2) is 39.5 Å². The Bertz CT molecular complexity index is 601. The standard InChI is InChI=1S/C15H24N2O5S/c1-3-4-9-22-15(18)13(16)10-14(17)23(19,20)12-7-5-11(21-2)6-8-12/h5-8,13-14H,3-4,9-10,16-17H2,1-2H3. The van der Waals surface area contributed by atoms with E-state index in [1.165, 1.54) is 31.4 Å². The molecule has 2 atom stereocenters. The first kappa shape index (κ1) is 19.4. The van der Waals surface area contributed by atoms with E-state index in [2.05, 4.69) is 0 Å². The highest BCUT2D eigenvalue weighted by Gasteiger charge is 2.28. The van der Waals surface area contributed by atoms with Crippen LogP contribution in [0.15, 0.2) is 29.2 Å². The van der Waals surface area contributed by atoms with E-state index < -0.39 is 27.2 Å². The lowest BCUT2D eigenvalue weighted by molar-refractivity contribution is -0.145. The number of methoxy groups -OCH3 is 1. The second-order valence-corrected chi connectivity index (χ2v) is 7.29. The maximum absolute atomic E-state index is 12.4. The molecule has 0 spiro atoms.